The molecule has 1 aliphatic rings. The Hall–Kier alpha value is -1.86. The van der Waals surface area contributed by atoms with E-state index in [9.17, 15) is 13.2 Å². The Balaban J connectivity index is 1.85. The second kappa shape index (κ2) is 6.22. The summed E-state index contributed by atoms with van der Waals surface area (Å²) in [7, 11) is -1.41. The first-order valence-corrected chi connectivity index (χ1v) is 9.77. The lowest BCUT2D eigenvalue weighted by atomic mass is 10.2. The molecule has 1 aromatic carbocycles. The van der Waals surface area contributed by atoms with Crippen molar-refractivity contribution in [2.75, 3.05) is 18.6 Å². The molecule has 0 spiro atoms. The number of halogens is 1. The fourth-order valence-electron chi connectivity index (χ4n) is 2.88. The molecule has 0 bridgehead atoms. The number of aryl methyl sites for hydroxylation is 1. The van der Waals surface area contributed by atoms with Crippen LogP contribution in [0.1, 0.15) is 22.6 Å². The summed E-state index contributed by atoms with van der Waals surface area (Å²) >= 11 is 6.01. The number of carbonyl (C=O) groups is 1. The SMILES string of the molecule is Cc1cc(C(=O)N(C)C2CCS(=O)(=O)C2)nn1-c1cccc(Cl)c1. The van der Waals surface area contributed by atoms with Crippen LogP contribution in [-0.4, -0.2) is 53.6 Å². The monoisotopic (exact) mass is 367 g/mol. The number of hydrogen-bond donors (Lipinski definition) is 0. The van der Waals surface area contributed by atoms with Crippen molar-refractivity contribution in [3.8, 4) is 5.69 Å². The maximum Gasteiger partial charge on any atom is 0.274 e. The first kappa shape index (κ1) is 17.0. The summed E-state index contributed by atoms with van der Waals surface area (Å²) in [5.74, 6) is -0.130. The second-order valence-electron chi connectivity index (χ2n) is 6.04. The van der Waals surface area contributed by atoms with Gasteiger partial charge in [-0.15, -0.1) is 0 Å². The van der Waals surface area contributed by atoms with Crippen molar-refractivity contribution in [3.05, 3.63) is 46.7 Å². The van der Waals surface area contributed by atoms with Crippen molar-refractivity contribution in [2.24, 2.45) is 0 Å². The van der Waals surface area contributed by atoms with Crippen LogP contribution in [0.5, 0.6) is 0 Å². The molecule has 1 unspecified atom stereocenters. The van der Waals surface area contributed by atoms with Crippen molar-refractivity contribution >= 4 is 27.3 Å². The van der Waals surface area contributed by atoms with Crippen LogP contribution >= 0.6 is 11.6 Å². The molecule has 0 radical (unpaired) electrons. The van der Waals surface area contributed by atoms with E-state index in [0.717, 1.165) is 11.4 Å². The average Bonchev–Trinajstić information content (AvgIpc) is 3.08. The van der Waals surface area contributed by atoms with Gasteiger partial charge >= 0.3 is 0 Å². The third kappa shape index (κ3) is 3.32. The van der Waals surface area contributed by atoms with Crippen LogP contribution in [0, 0.1) is 6.92 Å². The molecule has 1 aromatic heterocycles. The third-order valence-electron chi connectivity index (χ3n) is 4.24. The molecule has 1 atom stereocenters. The van der Waals surface area contributed by atoms with Gasteiger partial charge in [-0.1, -0.05) is 17.7 Å². The molecular formula is C16H18ClN3O3S. The molecule has 8 heteroatoms. The average molecular weight is 368 g/mol. The lowest BCUT2D eigenvalue weighted by molar-refractivity contribution is 0.0741. The van der Waals surface area contributed by atoms with E-state index in [2.05, 4.69) is 5.10 Å². The highest BCUT2D eigenvalue weighted by atomic mass is 35.5. The molecule has 128 valence electrons. The van der Waals surface area contributed by atoms with Crippen LogP contribution in [0.2, 0.25) is 5.02 Å². The zero-order valence-electron chi connectivity index (χ0n) is 13.4. The highest BCUT2D eigenvalue weighted by Crippen LogP contribution is 2.20. The zero-order valence-corrected chi connectivity index (χ0v) is 15.0. The van der Waals surface area contributed by atoms with E-state index in [1.807, 2.05) is 19.1 Å². The Morgan fingerprint density at radius 3 is 2.75 bits per heavy atom. The van der Waals surface area contributed by atoms with Crippen LogP contribution < -0.4 is 0 Å². The number of carbonyl (C=O) groups excluding carboxylic acids is 1. The van der Waals surface area contributed by atoms with E-state index in [4.69, 9.17) is 11.6 Å². The summed E-state index contributed by atoms with van der Waals surface area (Å²) < 4.78 is 24.9. The van der Waals surface area contributed by atoms with Crippen LogP contribution in [-0.2, 0) is 9.84 Å². The fourth-order valence-corrected chi connectivity index (χ4v) is 4.83. The number of aromatic nitrogens is 2. The smallest absolute Gasteiger partial charge is 0.274 e. The lowest BCUT2D eigenvalue weighted by Crippen LogP contribution is -2.38. The molecule has 0 N–H and O–H groups in total. The third-order valence-corrected chi connectivity index (χ3v) is 6.22. The molecule has 6 nitrogen and oxygen atoms in total. The minimum Gasteiger partial charge on any atom is -0.336 e. The summed E-state index contributed by atoms with van der Waals surface area (Å²) in [6, 6.07) is 8.61. The van der Waals surface area contributed by atoms with E-state index >= 15 is 0 Å². The summed E-state index contributed by atoms with van der Waals surface area (Å²) in [4.78, 5) is 14.1. The van der Waals surface area contributed by atoms with Crippen LogP contribution in [0.4, 0.5) is 0 Å². The molecule has 0 saturated carbocycles. The lowest BCUT2D eigenvalue weighted by Gasteiger charge is -2.22. The van der Waals surface area contributed by atoms with Gasteiger partial charge in [-0.2, -0.15) is 5.10 Å². The predicted octanol–water partition coefficient (Wildman–Crippen LogP) is 2.09. The Kier molecular flexibility index (Phi) is 4.40. The summed E-state index contributed by atoms with van der Waals surface area (Å²) in [6.45, 7) is 1.85. The van der Waals surface area contributed by atoms with Gasteiger partial charge < -0.3 is 4.90 Å². The molecule has 2 aromatic rings. The first-order valence-electron chi connectivity index (χ1n) is 7.57. The van der Waals surface area contributed by atoms with Crippen molar-refractivity contribution < 1.29 is 13.2 Å². The maximum atomic E-state index is 12.6. The number of hydrogen-bond acceptors (Lipinski definition) is 4. The number of benzene rings is 1. The van der Waals surface area contributed by atoms with Gasteiger partial charge in [0.1, 0.15) is 0 Å². The Bertz CT molecular complexity index is 892. The van der Waals surface area contributed by atoms with Gasteiger partial charge in [-0.3, -0.25) is 4.79 Å². The highest BCUT2D eigenvalue weighted by molar-refractivity contribution is 7.91. The predicted molar refractivity (Wildman–Crippen MR) is 92.5 cm³/mol. The molecule has 3 rings (SSSR count). The Labute approximate surface area is 145 Å². The van der Waals surface area contributed by atoms with Gasteiger partial charge in [0, 0.05) is 23.8 Å². The van der Waals surface area contributed by atoms with E-state index in [1.165, 1.54) is 4.90 Å². The molecule has 1 aliphatic heterocycles. The van der Waals surface area contributed by atoms with Crippen molar-refractivity contribution in [2.45, 2.75) is 19.4 Å². The second-order valence-corrected chi connectivity index (χ2v) is 8.70. The van der Waals surface area contributed by atoms with Crippen LogP contribution in [0.15, 0.2) is 30.3 Å². The number of nitrogens with zero attached hydrogens (tertiary/aromatic N) is 3. The molecule has 0 aliphatic carbocycles. The summed E-state index contributed by atoms with van der Waals surface area (Å²) in [5, 5.41) is 4.95. The number of sulfone groups is 1. The fraction of sp³-hybridized carbons (Fsp3) is 0.375. The van der Waals surface area contributed by atoms with Gasteiger partial charge in [-0.25, -0.2) is 13.1 Å². The minimum atomic E-state index is -3.04. The zero-order chi connectivity index (χ0) is 17.5. The Morgan fingerprint density at radius 2 is 2.12 bits per heavy atom. The topological polar surface area (TPSA) is 72.3 Å². The Morgan fingerprint density at radius 1 is 1.38 bits per heavy atom. The van der Waals surface area contributed by atoms with Crippen molar-refractivity contribution in [1.82, 2.24) is 14.7 Å². The van der Waals surface area contributed by atoms with E-state index in [-0.39, 0.29) is 23.5 Å². The van der Waals surface area contributed by atoms with Gasteiger partial charge in [0.2, 0.25) is 0 Å². The van der Waals surface area contributed by atoms with Crippen LogP contribution in [0.25, 0.3) is 5.69 Å². The number of rotatable bonds is 3. The molecule has 1 saturated heterocycles. The maximum absolute atomic E-state index is 12.6. The van der Waals surface area contributed by atoms with Gasteiger partial charge in [0.25, 0.3) is 5.91 Å². The van der Waals surface area contributed by atoms with E-state index in [1.54, 1.807) is 29.9 Å². The number of amides is 1. The van der Waals surface area contributed by atoms with E-state index < -0.39 is 9.84 Å². The standard InChI is InChI=1S/C16H18ClN3O3S/c1-11-8-15(18-20(11)13-5-3-4-12(17)9-13)16(21)19(2)14-6-7-24(22,23)10-14/h3-5,8-9,14H,6-7,10H2,1-2H3. The van der Waals surface area contributed by atoms with Gasteiger partial charge in [0.15, 0.2) is 15.5 Å². The molecule has 1 fully saturated rings. The first-order chi connectivity index (χ1) is 11.3. The largest absolute Gasteiger partial charge is 0.336 e. The molecule has 1 amide bonds. The van der Waals surface area contributed by atoms with Crippen molar-refractivity contribution in [3.63, 3.8) is 0 Å². The highest BCUT2D eigenvalue weighted by Gasteiger charge is 2.33. The van der Waals surface area contributed by atoms with Crippen molar-refractivity contribution in [1.29, 1.82) is 0 Å². The molecular weight excluding hydrogens is 350 g/mol. The minimum absolute atomic E-state index is 0.0171. The van der Waals surface area contributed by atoms with Crippen LogP contribution in [0.3, 0.4) is 0 Å². The molecule has 24 heavy (non-hydrogen) atoms. The normalized spacial score (nSPS) is 19.4. The van der Waals surface area contributed by atoms with Gasteiger partial charge in [-0.05, 0) is 37.6 Å². The van der Waals surface area contributed by atoms with Gasteiger partial charge in [0.05, 0.1) is 17.2 Å². The summed E-state index contributed by atoms with van der Waals surface area (Å²) in [6.07, 6.45) is 0.471. The summed E-state index contributed by atoms with van der Waals surface area (Å²) in [5.41, 5.74) is 1.86. The quantitative estimate of drug-likeness (QED) is 0.832. The van der Waals surface area contributed by atoms with E-state index in [0.29, 0.717) is 17.1 Å². The molecule has 2 heterocycles.